The zero-order chi connectivity index (χ0) is 26.1. The molecule has 0 bridgehead atoms. The molecule has 0 atom stereocenters. The lowest BCUT2D eigenvalue weighted by Gasteiger charge is -2.45. The van der Waals surface area contributed by atoms with Crippen LogP contribution < -0.4 is 5.32 Å². The standard InChI is InChI=1S/C27H30ClF3N4O/c1-18-6-4-5-7-19(18)16-26(34(2)3)14-12-21(13-15-26)33-25(36)23-17-32-35(24(23)27(29,30)31)22-10-8-20(28)9-11-22/h4-11,17,21H,12-16H2,1-3H3,(H,33,36). The molecule has 1 N–H and O–H groups in total. The molecular weight excluding hydrogens is 489 g/mol. The lowest BCUT2D eigenvalue weighted by molar-refractivity contribution is -0.143. The second-order valence-corrected chi connectivity index (χ2v) is 10.2. The molecule has 1 amide bonds. The molecule has 1 fully saturated rings. The Kier molecular flexibility index (Phi) is 7.48. The smallest absolute Gasteiger partial charge is 0.349 e. The Morgan fingerprint density at radius 1 is 1.14 bits per heavy atom. The fourth-order valence-corrected chi connectivity index (χ4v) is 5.20. The quantitative estimate of drug-likeness (QED) is 0.431. The molecule has 4 rings (SSSR count). The van der Waals surface area contributed by atoms with Gasteiger partial charge < -0.3 is 10.2 Å². The summed E-state index contributed by atoms with van der Waals surface area (Å²) in [6.07, 6.45) is 0.135. The summed E-state index contributed by atoms with van der Waals surface area (Å²) in [6.45, 7) is 2.10. The maximum Gasteiger partial charge on any atom is 0.434 e. The zero-order valence-corrected chi connectivity index (χ0v) is 21.3. The van der Waals surface area contributed by atoms with Gasteiger partial charge in [-0.15, -0.1) is 0 Å². The van der Waals surface area contributed by atoms with Gasteiger partial charge in [-0.2, -0.15) is 18.3 Å². The Morgan fingerprint density at radius 2 is 1.78 bits per heavy atom. The monoisotopic (exact) mass is 518 g/mol. The van der Waals surface area contributed by atoms with E-state index in [1.165, 1.54) is 35.4 Å². The van der Waals surface area contributed by atoms with Crippen molar-refractivity contribution in [3.63, 3.8) is 0 Å². The van der Waals surface area contributed by atoms with Gasteiger partial charge in [-0.1, -0.05) is 35.9 Å². The highest BCUT2D eigenvalue weighted by molar-refractivity contribution is 6.30. The van der Waals surface area contributed by atoms with Gasteiger partial charge in [0.1, 0.15) is 0 Å². The summed E-state index contributed by atoms with van der Waals surface area (Å²) in [7, 11) is 4.13. The van der Waals surface area contributed by atoms with Crippen molar-refractivity contribution in [3.05, 3.63) is 82.1 Å². The number of alkyl halides is 3. The third-order valence-electron chi connectivity index (χ3n) is 7.33. The first-order valence-electron chi connectivity index (χ1n) is 11.9. The molecule has 1 heterocycles. The van der Waals surface area contributed by atoms with E-state index in [4.69, 9.17) is 11.6 Å². The van der Waals surface area contributed by atoms with E-state index in [1.807, 2.05) is 12.1 Å². The molecule has 1 aliphatic carbocycles. The van der Waals surface area contributed by atoms with Crippen LogP contribution in [0.2, 0.25) is 5.02 Å². The highest BCUT2D eigenvalue weighted by Crippen LogP contribution is 2.37. The molecule has 0 saturated heterocycles. The number of aromatic nitrogens is 2. The SMILES string of the molecule is Cc1ccccc1CC1(N(C)C)CCC(NC(=O)c2cnn(-c3ccc(Cl)cc3)c2C(F)(F)F)CC1. The molecule has 5 nitrogen and oxygen atoms in total. The molecule has 192 valence electrons. The summed E-state index contributed by atoms with van der Waals surface area (Å²) in [6, 6.07) is 13.9. The van der Waals surface area contributed by atoms with E-state index in [-0.39, 0.29) is 17.3 Å². The van der Waals surface area contributed by atoms with Crippen molar-refractivity contribution in [1.29, 1.82) is 0 Å². The van der Waals surface area contributed by atoms with Crippen molar-refractivity contribution in [2.45, 2.75) is 56.8 Å². The van der Waals surface area contributed by atoms with E-state index < -0.39 is 23.3 Å². The first-order valence-corrected chi connectivity index (χ1v) is 12.3. The zero-order valence-electron chi connectivity index (χ0n) is 20.6. The Balaban J connectivity index is 1.50. The molecule has 0 spiro atoms. The minimum Gasteiger partial charge on any atom is -0.349 e. The Hall–Kier alpha value is -2.84. The van der Waals surface area contributed by atoms with Crippen LogP contribution in [0.15, 0.2) is 54.7 Å². The second kappa shape index (κ2) is 10.3. The summed E-state index contributed by atoms with van der Waals surface area (Å²) in [5, 5.41) is 7.12. The fraction of sp³-hybridized carbons (Fsp3) is 0.407. The minimum absolute atomic E-state index is 0.0655. The number of likely N-dealkylation sites (N-methyl/N-ethyl adjacent to an activating group) is 1. The van der Waals surface area contributed by atoms with Crippen molar-refractivity contribution < 1.29 is 18.0 Å². The van der Waals surface area contributed by atoms with Gasteiger partial charge in [0.15, 0.2) is 5.69 Å². The highest BCUT2D eigenvalue weighted by Gasteiger charge is 2.42. The molecule has 2 aromatic carbocycles. The van der Waals surface area contributed by atoms with Crippen LogP contribution in [0.4, 0.5) is 13.2 Å². The van der Waals surface area contributed by atoms with Crippen molar-refractivity contribution >= 4 is 17.5 Å². The average Bonchev–Trinajstić information content (AvgIpc) is 3.28. The van der Waals surface area contributed by atoms with E-state index in [0.717, 1.165) is 30.1 Å². The van der Waals surface area contributed by atoms with Gasteiger partial charge in [0, 0.05) is 16.6 Å². The molecule has 3 aromatic rings. The minimum atomic E-state index is -4.76. The normalized spacial score (nSPS) is 20.5. The molecule has 9 heteroatoms. The predicted molar refractivity (Wildman–Crippen MR) is 135 cm³/mol. The molecular formula is C27H30ClF3N4O. The summed E-state index contributed by atoms with van der Waals surface area (Å²) in [5.41, 5.74) is 1.06. The first kappa shape index (κ1) is 26.2. The largest absolute Gasteiger partial charge is 0.434 e. The molecule has 1 saturated carbocycles. The molecule has 0 aliphatic heterocycles. The highest BCUT2D eigenvalue weighted by atomic mass is 35.5. The summed E-state index contributed by atoms with van der Waals surface area (Å²) in [4.78, 5) is 15.3. The Labute approximate surface area is 214 Å². The molecule has 0 radical (unpaired) electrons. The first-order chi connectivity index (χ1) is 17.0. The van der Waals surface area contributed by atoms with Gasteiger partial charge in [-0.3, -0.25) is 4.79 Å². The maximum absolute atomic E-state index is 14.0. The van der Waals surface area contributed by atoms with E-state index in [0.29, 0.717) is 17.9 Å². The topological polar surface area (TPSA) is 50.2 Å². The number of hydrogen-bond donors (Lipinski definition) is 1. The van der Waals surface area contributed by atoms with Crippen molar-refractivity contribution in [3.8, 4) is 5.69 Å². The van der Waals surface area contributed by atoms with Gasteiger partial charge >= 0.3 is 6.18 Å². The number of amides is 1. The van der Waals surface area contributed by atoms with Gasteiger partial charge in [0.05, 0.1) is 17.4 Å². The number of benzene rings is 2. The third kappa shape index (κ3) is 5.44. The van der Waals surface area contributed by atoms with Gasteiger partial charge in [-0.05, 0) is 88.5 Å². The Bertz CT molecular complexity index is 1210. The van der Waals surface area contributed by atoms with Crippen LogP contribution in [-0.4, -0.2) is 46.3 Å². The van der Waals surface area contributed by atoms with Crippen LogP contribution in [0.5, 0.6) is 0 Å². The fourth-order valence-electron chi connectivity index (χ4n) is 5.07. The van der Waals surface area contributed by atoms with Crippen LogP contribution in [-0.2, 0) is 12.6 Å². The number of hydrogen-bond acceptors (Lipinski definition) is 3. The number of halogens is 4. The molecule has 1 aliphatic rings. The molecule has 0 unspecified atom stereocenters. The van der Waals surface area contributed by atoms with Crippen LogP contribution in [0.1, 0.15) is 52.9 Å². The molecule has 36 heavy (non-hydrogen) atoms. The summed E-state index contributed by atoms with van der Waals surface area (Å²) in [5.74, 6) is -0.760. The predicted octanol–water partition coefficient (Wildman–Crippen LogP) is 6.07. The number of nitrogens with one attached hydrogen (secondary N) is 1. The number of carbonyl (C=O) groups is 1. The van der Waals surface area contributed by atoms with Gasteiger partial charge in [-0.25, -0.2) is 4.68 Å². The van der Waals surface area contributed by atoms with Crippen LogP contribution in [0, 0.1) is 6.92 Å². The second-order valence-electron chi connectivity index (χ2n) is 9.76. The summed E-state index contributed by atoms with van der Waals surface area (Å²) >= 11 is 5.87. The van der Waals surface area contributed by atoms with Crippen molar-refractivity contribution in [2.24, 2.45) is 0 Å². The van der Waals surface area contributed by atoms with Crippen LogP contribution in [0.3, 0.4) is 0 Å². The van der Waals surface area contributed by atoms with Crippen LogP contribution in [0.25, 0.3) is 5.69 Å². The van der Waals surface area contributed by atoms with E-state index in [2.05, 4.69) is 48.5 Å². The van der Waals surface area contributed by atoms with Gasteiger partial charge in [0.2, 0.25) is 0 Å². The van der Waals surface area contributed by atoms with E-state index in [9.17, 15) is 18.0 Å². The third-order valence-corrected chi connectivity index (χ3v) is 7.59. The number of nitrogens with zero attached hydrogens (tertiary/aromatic N) is 3. The number of aryl methyl sites for hydroxylation is 1. The van der Waals surface area contributed by atoms with Crippen molar-refractivity contribution in [1.82, 2.24) is 20.0 Å². The van der Waals surface area contributed by atoms with E-state index >= 15 is 0 Å². The lowest BCUT2D eigenvalue weighted by atomic mass is 9.74. The number of carbonyl (C=O) groups excluding carboxylic acids is 1. The maximum atomic E-state index is 14.0. The van der Waals surface area contributed by atoms with Crippen molar-refractivity contribution in [2.75, 3.05) is 14.1 Å². The Morgan fingerprint density at radius 3 is 2.36 bits per heavy atom. The van der Waals surface area contributed by atoms with E-state index in [1.54, 1.807) is 0 Å². The average molecular weight is 519 g/mol. The number of rotatable bonds is 6. The van der Waals surface area contributed by atoms with Crippen LogP contribution >= 0.6 is 11.6 Å². The molecule has 1 aromatic heterocycles. The van der Waals surface area contributed by atoms with Gasteiger partial charge in [0.25, 0.3) is 5.91 Å². The lowest BCUT2D eigenvalue weighted by Crippen LogP contribution is -2.52. The summed E-state index contributed by atoms with van der Waals surface area (Å²) < 4.78 is 42.8.